The van der Waals surface area contributed by atoms with Gasteiger partial charge >= 0.3 is 0 Å². The van der Waals surface area contributed by atoms with Crippen molar-refractivity contribution in [3.8, 4) is 11.8 Å². The highest BCUT2D eigenvalue weighted by Gasteiger charge is 2.38. The molecule has 1 N–H and O–H groups in total. The topological polar surface area (TPSA) is 65.4 Å². The predicted molar refractivity (Wildman–Crippen MR) is 98.1 cm³/mol. The van der Waals surface area contributed by atoms with Crippen molar-refractivity contribution in [1.82, 2.24) is 10.2 Å². The minimum Gasteiger partial charge on any atom is -0.493 e. The molecule has 0 aliphatic carbocycles. The number of halogens is 1. The van der Waals surface area contributed by atoms with Crippen LogP contribution in [0.1, 0.15) is 27.4 Å². The Balaban J connectivity index is 1.34. The first-order valence-corrected chi connectivity index (χ1v) is 9.07. The van der Waals surface area contributed by atoms with Crippen molar-refractivity contribution < 1.29 is 13.9 Å². The van der Waals surface area contributed by atoms with E-state index >= 15 is 0 Å². The second-order valence-electron chi connectivity index (χ2n) is 7.06. The average molecular weight is 365 g/mol. The molecule has 4 rings (SSSR count). The molecule has 0 spiro atoms. The Labute approximate surface area is 157 Å². The van der Waals surface area contributed by atoms with Crippen LogP contribution >= 0.6 is 0 Å². The zero-order chi connectivity index (χ0) is 18.8. The molecule has 6 heteroatoms. The molecule has 138 valence electrons. The van der Waals surface area contributed by atoms with Crippen molar-refractivity contribution in [2.24, 2.45) is 5.92 Å². The summed E-state index contributed by atoms with van der Waals surface area (Å²) in [5.74, 6) is 1.09. The Kier molecular flexibility index (Phi) is 4.78. The molecule has 0 bridgehead atoms. The summed E-state index contributed by atoms with van der Waals surface area (Å²) in [6.07, 6.45) is 0. The van der Waals surface area contributed by atoms with E-state index in [1.54, 1.807) is 6.07 Å². The fraction of sp³-hybridized carbons (Fsp3) is 0.333. The summed E-state index contributed by atoms with van der Waals surface area (Å²) < 4.78 is 18.8. The van der Waals surface area contributed by atoms with Gasteiger partial charge in [0.1, 0.15) is 11.6 Å². The summed E-state index contributed by atoms with van der Waals surface area (Å²) in [4.78, 5) is 14.4. The van der Waals surface area contributed by atoms with E-state index in [-0.39, 0.29) is 11.7 Å². The number of hydrogen-bond donors (Lipinski definition) is 1. The van der Waals surface area contributed by atoms with Gasteiger partial charge in [-0.3, -0.25) is 4.79 Å². The molecule has 2 aromatic rings. The molecule has 2 aromatic carbocycles. The number of fused-ring (bicyclic) bond motifs is 3. The van der Waals surface area contributed by atoms with Gasteiger partial charge in [0.25, 0.3) is 5.91 Å². The third-order valence-electron chi connectivity index (χ3n) is 5.33. The molecular weight excluding hydrogens is 345 g/mol. The summed E-state index contributed by atoms with van der Waals surface area (Å²) in [5.41, 5.74) is 2.23. The van der Waals surface area contributed by atoms with Crippen molar-refractivity contribution in [1.29, 1.82) is 5.26 Å². The van der Waals surface area contributed by atoms with Crippen LogP contribution in [0, 0.1) is 23.1 Å². The van der Waals surface area contributed by atoms with Crippen molar-refractivity contribution in [2.75, 3.05) is 32.8 Å². The minimum absolute atomic E-state index is 0.195. The minimum atomic E-state index is -0.353. The number of nitrogens with one attached hydrogen (secondary N) is 1. The van der Waals surface area contributed by atoms with Crippen molar-refractivity contribution >= 4 is 5.91 Å². The molecule has 2 unspecified atom stereocenters. The lowest BCUT2D eigenvalue weighted by Crippen LogP contribution is -2.34. The Bertz CT molecular complexity index is 891. The zero-order valence-corrected chi connectivity index (χ0v) is 14.8. The van der Waals surface area contributed by atoms with Crippen LogP contribution < -0.4 is 10.1 Å². The maximum atomic E-state index is 12.9. The van der Waals surface area contributed by atoms with Crippen LogP contribution in [0.2, 0.25) is 0 Å². The number of ether oxygens (including phenoxy) is 1. The van der Waals surface area contributed by atoms with Crippen molar-refractivity contribution in [3.05, 3.63) is 65.0 Å². The molecule has 2 aliphatic heterocycles. The van der Waals surface area contributed by atoms with E-state index in [1.807, 2.05) is 12.1 Å². The molecule has 1 fully saturated rings. The standard InChI is InChI=1S/C21H20FN3O2/c22-17-4-2-15(3-5-17)21(26)24-7-8-25-11-16-13-27-20-6-1-14(10-23)9-18(20)19(16)12-25/h1-6,9,16,19H,7-8,11-13H2,(H,24,26). The Morgan fingerprint density at radius 3 is 2.85 bits per heavy atom. The van der Waals surface area contributed by atoms with E-state index in [4.69, 9.17) is 10.00 Å². The van der Waals surface area contributed by atoms with Crippen LogP contribution in [0.3, 0.4) is 0 Å². The highest BCUT2D eigenvalue weighted by molar-refractivity contribution is 5.94. The van der Waals surface area contributed by atoms with Crippen LogP contribution in [-0.2, 0) is 0 Å². The SMILES string of the molecule is N#Cc1ccc2c(c1)C1CN(CCNC(=O)c3ccc(F)cc3)CC1CO2. The lowest BCUT2D eigenvalue weighted by molar-refractivity contribution is 0.0949. The fourth-order valence-corrected chi connectivity index (χ4v) is 3.93. The maximum Gasteiger partial charge on any atom is 0.251 e. The highest BCUT2D eigenvalue weighted by atomic mass is 19.1. The molecule has 2 atom stereocenters. The number of nitriles is 1. The normalized spacial score (nSPS) is 20.9. The monoisotopic (exact) mass is 365 g/mol. The number of carbonyl (C=O) groups excluding carboxylic acids is 1. The number of amides is 1. The van der Waals surface area contributed by atoms with Crippen LogP contribution in [0.5, 0.6) is 5.75 Å². The van der Waals surface area contributed by atoms with Crippen LogP contribution in [0.15, 0.2) is 42.5 Å². The smallest absolute Gasteiger partial charge is 0.251 e. The summed E-state index contributed by atoms with van der Waals surface area (Å²) in [6.45, 7) is 3.76. The van der Waals surface area contributed by atoms with Gasteiger partial charge in [-0.05, 0) is 42.5 Å². The van der Waals surface area contributed by atoms with Crippen LogP contribution in [0.25, 0.3) is 0 Å². The number of rotatable bonds is 4. The Hall–Kier alpha value is -2.91. The van der Waals surface area contributed by atoms with Crippen LogP contribution in [-0.4, -0.2) is 43.6 Å². The summed E-state index contributed by atoms with van der Waals surface area (Å²) >= 11 is 0. The van der Waals surface area contributed by atoms with E-state index in [2.05, 4.69) is 16.3 Å². The average Bonchev–Trinajstić information content (AvgIpc) is 3.11. The molecule has 1 amide bonds. The first-order valence-electron chi connectivity index (χ1n) is 9.07. The molecule has 27 heavy (non-hydrogen) atoms. The molecule has 2 heterocycles. The van der Waals surface area contributed by atoms with Gasteiger partial charge in [0.05, 0.1) is 18.2 Å². The van der Waals surface area contributed by atoms with Gasteiger partial charge in [-0.1, -0.05) is 0 Å². The van der Waals surface area contributed by atoms with Crippen molar-refractivity contribution in [3.63, 3.8) is 0 Å². The number of hydrogen-bond acceptors (Lipinski definition) is 4. The largest absolute Gasteiger partial charge is 0.493 e. The van der Waals surface area contributed by atoms with Crippen molar-refractivity contribution in [2.45, 2.75) is 5.92 Å². The number of carbonyl (C=O) groups is 1. The van der Waals surface area contributed by atoms with E-state index in [9.17, 15) is 9.18 Å². The van der Waals surface area contributed by atoms with Gasteiger partial charge in [0.2, 0.25) is 0 Å². The van der Waals surface area contributed by atoms with Gasteiger partial charge in [-0.15, -0.1) is 0 Å². The fourth-order valence-electron chi connectivity index (χ4n) is 3.93. The number of benzene rings is 2. The Morgan fingerprint density at radius 1 is 1.26 bits per heavy atom. The predicted octanol–water partition coefficient (Wildman–Crippen LogP) is 2.54. The lowest BCUT2D eigenvalue weighted by atomic mass is 9.86. The van der Waals surface area contributed by atoms with E-state index in [1.165, 1.54) is 24.3 Å². The Morgan fingerprint density at radius 2 is 2.07 bits per heavy atom. The molecule has 5 nitrogen and oxygen atoms in total. The molecular formula is C21H20FN3O2. The second kappa shape index (κ2) is 7.37. The van der Waals surface area contributed by atoms with E-state index in [0.717, 1.165) is 30.9 Å². The van der Waals surface area contributed by atoms with Gasteiger partial charge in [-0.25, -0.2) is 4.39 Å². The first kappa shape index (κ1) is 17.5. The second-order valence-corrected chi connectivity index (χ2v) is 7.06. The quantitative estimate of drug-likeness (QED) is 0.904. The van der Waals surface area contributed by atoms with Gasteiger partial charge in [0, 0.05) is 49.1 Å². The molecule has 0 saturated carbocycles. The number of likely N-dealkylation sites (tertiary alicyclic amines) is 1. The first-order chi connectivity index (χ1) is 13.1. The van der Waals surface area contributed by atoms with Gasteiger partial charge < -0.3 is 15.0 Å². The summed E-state index contributed by atoms with van der Waals surface area (Å²) in [6, 6.07) is 13.3. The number of nitrogens with zero attached hydrogens (tertiary/aromatic N) is 2. The summed E-state index contributed by atoms with van der Waals surface area (Å²) in [5, 5.41) is 12.0. The van der Waals surface area contributed by atoms with Gasteiger partial charge in [-0.2, -0.15) is 5.26 Å². The third-order valence-corrected chi connectivity index (χ3v) is 5.33. The summed E-state index contributed by atoms with van der Waals surface area (Å²) in [7, 11) is 0. The third kappa shape index (κ3) is 3.64. The zero-order valence-electron chi connectivity index (χ0n) is 14.8. The molecule has 1 saturated heterocycles. The maximum absolute atomic E-state index is 12.9. The molecule has 0 aromatic heterocycles. The van der Waals surface area contributed by atoms with E-state index < -0.39 is 0 Å². The van der Waals surface area contributed by atoms with E-state index in [0.29, 0.717) is 36.1 Å². The lowest BCUT2D eigenvalue weighted by Gasteiger charge is -2.27. The highest BCUT2D eigenvalue weighted by Crippen LogP contribution is 2.41. The molecule has 0 radical (unpaired) electrons. The molecule has 2 aliphatic rings. The van der Waals surface area contributed by atoms with Gasteiger partial charge in [0.15, 0.2) is 0 Å². The van der Waals surface area contributed by atoms with Crippen LogP contribution in [0.4, 0.5) is 4.39 Å².